The first-order valence-corrected chi connectivity index (χ1v) is 7.49. The molecule has 2 rings (SSSR count). The van der Waals surface area contributed by atoms with Gasteiger partial charge in [0.1, 0.15) is 0 Å². The van der Waals surface area contributed by atoms with E-state index >= 15 is 0 Å². The van der Waals surface area contributed by atoms with E-state index in [-0.39, 0.29) is 12.0 Å². The van der Waals surface area contributed by atoms with E-state index in [1.54, 1.807) is 6.92 Å². The Morgan fingerprint density at radius 1 is 1.09 bits per heavy atom. The van der Waals surface area contributed by atoms with E-state index in [9.17, 15) is 4.79 Å². The highest BCUT2D eigenvalue weighted by atomic mass is 16.5. The highest BCUT2D eigenvalue weighted by Gasteiger charge is 2.09. The molecule has 0 saturated heterocycles. The van der Waals surface area contributed by atoms with Crippen molar-refractivity contribution in [2.75, 3.05) is 11.9 Å². The summed E-state index contributed by atoms with van der Waals surface area (Å²) in [5.74, 6) is -0.297. The number of para-hydroxylation sites is 1. The second kappa shape index (κ2) is 8.67. The molecule has 0 spiro atoms. The largest absolute Gasteiger partial charge is 0.463 e. The number of hydrogen-bond donors (Lipinski definition) is 1. The van der Waals surface area contributed by atoms with Crippen LogP contribution in [0.15, 0.2) is 72.8 Å². The van der Waals surface area contributed by atoms with Crippen LogP contribution in [0.25, 0.3) is 0 Å². The Morgan fingerprint density at radius 3 is 2.36 bits per heavy atom. The minimum atomic E-state index is -0.297. The molecule has 0 unspecified atom stereocenters. The van der Waals surface area contributed by atoms with Gasteiger partial charge in [-0.1, -0.05) is 54.6 Å². The predicted octanol–water partition coefficient (Wildman–Crippen LogP) is 4.35. The molecule has 0 bridgehead atoms. The Labute approximate surface area is 131 Å². The van der Waals surface area contributed by atoms with Crippen molar-refractivity contribution in [1.82, 2.24) is 0 Å². The van der Waals surface area contributed by atoms with E-state index < -0.39 is 0 Å². The summed E-state index contributed by atoms with van der Waals surface area (Å²) in [5.41, 5.74) is 2.24. The van der Waals surface area contributed by atoms with Gasteiger partial charge >= 0.3 is 5.97 Å². The summed E-state index contributed by atoms with van der Waals surface area (Å²) in [7, 11) is 0. The number of ether oxygens (including phenoxy) is 1. The summed E-state index contributed by atoms with van der Waals surface area (Å²) in [4.78, 5) is 11.4. The number of carbonyl (C=O) groups excluding carboxylic acids is 1. The van der Waals surface area contributed by atoms with Gasteiger partial charge in [0.2, 0.25) is 0 Å². The fraction of sp³-hybridized carbons (Fsp3) is 0.211. The molecule has 1 atom stereocenters. The van der Waals surface area contributed by atoms with Crippen molar-refractivity contribution in [3.8, 4) is 0 Å². The molecule has 0 heterocycles. The van der Waals surface area contributed by atoms with Gasteiger partial charge in [-0.25, -0.2) is 4.79 Å². The van der Waals surface area contributed by atoms with Gasteiger partial charge in [-0.15, -0.1) is 0 Å². The summed E-state index contributed by atoms with van der Waals surface area (Å²) in [5, 5.41) is 3.50. The third-order valence-corrected chi connectivity index (χ3v) is 3.23. The maximum Gasteiger partial charge on any atom is 0.330 e. The van der Waals surface area contributed by atoms with Crippen molar-refractivity contribution >= 4 is 11.7 Å². The van der Waals surface area contributed by atoms with Crippen molar-refractivity contribution in [2.24, 2.45) is 0 Å². The average Bonchev–Trinajstić information content (AvgIpc) is 2.56. The maximum absolute atomic E-state index is 11.4. The minimum absolute atomic E-state index is 0.106. The Morgan fingerprint density at radius 2 is 1.73 bits per heavy atom. The smallest absolute Gasteiger partial charge is 0.330 e. The highest BCUT2D eigenvalue weighted by molar-refractivity contribution is 5.81. The first-order valence-electron chi connectivity index (χ1n) is 7.49. The molecule has 0 radical (unpaired) electrons. The third-order valence-electron chi connectivity index (χ3n) is 3.23. The molecule has 0 aliphatic rings. The predicted molar refractivity (Wildman–Crippen MR) is 89.6 cm³/mol. The van der Waals surface area contributed by atoms with Crippen LogP contribution in [0.1, 0.15) is 24.9 Å². The zero-order valence-electron chi connectivity index (χ0n) is 12.7. The molecular weight excluding hydrogens is 274 g/mol. The topological polar surface area (TPSA) is 38.3 Å². The van der Waals surface area contributed by atoms with E-state index in [1.807, 2.05) is 54.6 Å². The zero-order chi connectivity index (χ0) is 15.6. The van der Waals surface area contributed by atoms with E-state index in [2.05, 4.69) is 17.4 Å². The number of anilines is 1. The van der Waals surface area contributed by atoms with Crippen molar-refractivity contribution in [2.45, 2.75) is 19.4 Å². The molecule has 0 aromatic heterocycles. The summed E-state index contributed by atoms with van der Waals surface area (Å²) in [6.07, 6.45) is 4.05. The van der Waals surface area contributed by atoms with Gasteiger partial charge in [-0.3, -0.25) is 0 Å². The summed E-state index contributed by atoms with van der Waals surface area (Å²) in [6.45, 7) is 2.20. The first kappa shape index (κ1) is 15.8. The number of carbonyl (C=O) groups is 1. The number of esters is 1. The van der Waals surface area contributed by atoms with Gasteiger partial charge in [0.05, 0.1) is 12.6 Å². The number of benzene rings is 2. The van der Waals surface area contributed by atoms with Crippen LogP contribution in [-0.2, 0) is 9.53 Å². The molecule has 0 aliphatic carbocycles. The minimum Gasteiger partial charge on any atom is -0.463 e. The second-order valence-electron chi connectivity index (χ2n) is 4.86. The van der Waals surface area contributed by atoms with E-state index in [1.165, 1.54) is 11.6 Å². The lowest BCUT2D eigenvalue weighted by molar-refractivity contribution is -0.137. The SMILES string of the molecule is CCOC(=O)/C=C/C[C@H](Nc1ccccc1)c1ccccc1. The number of rotatable bonds is 7. The highest BCUT2D eigenvalue weighted by Crippen LogP contribution is 2.22. The lowest BCUT2D eigenvalue weighted by Gasteiger charge is -2.19. The quantitative estimate of drug-likeness (QED) is 0.609. The Bertz CT molecular complexity index is 593. The Hall–Kier alpha value is -2.55. The molecule has 3 nitrogen and oxygen atoms in total. The van der Waals surface area contributed by atoms with Crippen LogP contribution in [-0.4, -0.2) is 12.6 Å². The van der Waals surface area contributed by atoms with Crippen LogP contribution in [0.2, 0.25) is 0 Å². The normalized spacial score (nSPS) is 12.0. The van der Waals surface area contributed by atoms with Crippen LogP contribution in [0.5, 0.6) is 0 Å². The van der Waals surface area contributed by atoms with Gasteiger partial charge in [0, 0.05) is 11.8 Å². The molecule has 1 N–H and O–H groups in total. The Balaban J connectivity index is 2.07. The van der Waals surface area contributed by atoms with Gasteiger partial charge in [-0.2, -0.15) is 0 Å². The van der Waals surface area contributed by atoms with E-state index in [0.29, 0.717) is 13.0 Å². The van der Waals surface area contributed by atoms with Crippen LogP contribution in [0.3, 0.4) is 0 Å². The van der Waals surface area contributed by atoms with Crippen LogP contribution >= 0.6 is 0 Å². The van der Waals surface area contributed by atoms with Crippen LogP contribution in [0.4, 0.5) is 5.69 Å². The van der Waals surface area contributed by atoms with Crippen molar-refractivity contribution in [3.05, 3.63) is 78.4 Å². The van der Waals surface area contributed by atoms with Gasteiger partial charge in [-0.05, 0) is 31.0 Å². The second-order valence-corrected chi connectivity index (χ2v) is 4.86. The van der Waals surface area contributed by atoms with E-state index in [0.717, 1.165) is 5.69 Å². The lowest BCUT2D eigenvalue weighted by atomic mass is 10.0. The fourth-order valence-electron chi connectivity index (χ4n) is 2.19. The fourth-order valence-corrected chi connectivity index (χ4v) is 2.19. The molecule has 0 saturated carbocycles. The van der Waals surface area contributed by atoms with Crippen LogP contribution in [0, 0.1) is 0 Å². The summed E-state index contributed by atoms with van der Waals surface area (Å²) in [6, 6.07) is 20.4. The maximum atomic E-state index is 11.4. The molecule has 2 aromatic rings. The molecule has 0 amide bonds. The molecule has 2 aromatic carbocycles. The zero-order valence-corrected chi connectivity index (χ0v) is 12.7. The van der Waals surface area contributed by atoms with Gasteiger partial charge < -0.3 is 10.1 Å². The van der Waals surface area contributed by atoms with Crippen molar-refractivity contribution in [1.29, 1.82) is 0 Å². The average molecular weight is 295 g/mol. The summed E-state index contributed by atoms with van der Waals surface area (Å²) < 4.78 is 4.90. The molecule has 0 aliphatic heterocycles. The van der Waals surface area contributed by atoms with Crippen LogP contribution < -0.4 is 5.32 Å². The van der Waals surface area contributed by atoms with Gasteiger partial charge in [0.15, 0.2) is 0 Å². The van der Waals surface area contributed by atoms with Crippen molar-refractivity contribution in [3.63, 3.8) is 0 Å². The monoisotopic (exact) mass is 295 g/mol. The van der Waals surface area contributed by atoms with E-state index in [4.69, 9.17) is 4.74 Å². The van der Waals surface area contributed by atoms with Gasteiger partial charge in [0.25, 0.3) is 0 Å². The summed E-state index contributed by atoms with van der Waals surface area (Å²) >= 11 is 0. The lowest BCUT2D eigenvalue weighted by Crippen LogP contribution is -2.10. The molecule has 22 heavy (non-hydrogen) atoms. The number of hydrogen-bond acceptors (Lipinski definition) is 3. The Kier molecular flexibility index (Phi) is 6.24. The molecule has 0 fully saturated rings. The van der Waals surface area contributed by atoms with Crippen molar-refractivity contribution < 1.29 is 9.53 Å². The third kappa shape index (κ3) is 5.09. The molecule has 114 valence electrons. The first-order chi connectivity index (χ1) is 10.8. The molecular formula is C19H21NO2. The number of nitrogens with one attached hydrogen (secondary N) is 1. The standard InChI is InChI=1S/C19H21NO2/c1-2-22-19(21)15-9-14-18(16-10-5-3-6-11-16)20-17-12-7-4-8-13-17/h3-13,15,18,20H,2,14H2,1H3/b15-9+/t18-/m0/s1. The molecule has 3 heteroatoms.